The summed E-state index contributed by atoms with van der Waals surface area (Å²) < 4.78 is 7.39. The lowest BCUT2D eigenvalue weighted by atomic mass is 9.93. The second kappa shape index (κ2) is 4.24. The number of benzene rings is 1. The number of rotatable bonds is 2. The Morgan fingerprint density at radius 1 is 1.44 bits per heavy atom. The number of hydrogen-bond donors (Lipinski definition) is 1. The highest BCUT2D eigenvalue weighted by Gasteiger charge is 2.22. The quantitative estimate of drug-likeness (QED) is 0.847. The maximum atomic E-state index is 12.5. The molecular weight excluding hydrogens is 248 g/mol. The van der Waals surface area contributed by atoms with Gasteiger partial charge in [0.05, 0.1) is 18.0 Å². The number of nitrogens with one attached hydrogen (secondary N) is 1. The summed E-state index contributed by atoms with van der Waals surface area (Å²) in [5, 5.41) is 0.634. The van der Waals surface area contributed by atoms with E-state index in [0.717, 1.165) is 18.4 Å². The molecule has 3 rings (SSSR count). The standard InChI is InChI=1S/C13H14N2O2S/c1-17-9-5-6-11-10(7-9)12(16)15(13(18)14-11)8-3-2-4-8/h5-8H,2-4H2,1H3,(H,14,18). The first kappa shape index (κ1) is 11.5. The number of methoxy groups -OCH3 is 1. The van der Waals surface area contributed by atoms with Gasteiger partial charge in [-0.05, 0) is 49.7 Å². The van der Waals surface area contributed by atoms with E-state index >= 15 is 0 Å². The van der Waals surface area contributed by atoms with Crippen LogP contribution in [0.3, 0.4) is 0 Å². The van der Waals surface area contributed by atoms with E-state index in [4.69, 9.17) is 17.0 Å². The lowest BCUT2D eigenvalue weighted by Crippen LogP contribution is -2.30. The van der Waals surface area contributed by atoms with Crippen LogP contribution in [0.2, 0.25) is 0 Å². The molecule has 4 nitrogen and oxygen atoms in total. The molecule has 1 aliphatic carbocycles. The Balaban J connectivity index is 2.31. The van der Waals surface area contributed by atoms with Crippen LogP contribution in [0.1, 0.15) is 25.3 Å². The van der Waals surface area contributed by atoms with Crippen LogP contribution in [0.25, 0.3) is 10.9 Å². The van der Waals surface area contributed by atoms with Crippen molar-refractivity contribution in [2.75, 3.05) is 7.11 Å². The third-order valence-electron chi connectivity index (χ3n) is 3.58. The predicted octanol–water partition coefficient (Wildman–Crippen LogP) is 2.79. The van der Waals surface area contributed by atoms with Gasteiger partial charge in [0.25, 0.3) is 5.56 Å². The molecule has 1 heterocycles. The molecule has 1 aliphatic rings. The van der Waals surface area contributed by atoms with E-state index in [1.54, 1.807) is 17.7 Å². The van der Waals surface area contributed by atoms with Gasteiger partial charge in [-0.15, -0.1) is 0 Å². The number of aromatic nitrogens is 2. The monoisotopic (exact) mass is 262 g/mol. The number of H-pyrrole nitrogens is 1. The van der Waals surface area contributed by atoms with Crippen LogP contribution in [0.4, 0.5) is 0 Å². The molecule has 94 valence electrons. The molecule has 0 atom stereocenters. The van der Waals surface area contributed by atoms with Gasteiger partial charge in [0.15, 0.2) is 4.77 Å². The topological polar surface area (TPSA) is 47.0 Å². The van der Waals surface area contributed by atoms with Crippen molar-refractivity contribution in [2.45, 2.75) is 25.3 Å². The molecule has 1 fully saturated rings. The van der Waals surface area contributed by atoms with E-state index in [2.05, 4.69) is 4.98 Å². The SMILES string of the molecule is COc1ccc2[nH]c(=S)n(C3CCC3)c(=O)c2c1. The molecule has 2 aromatic rings. The minimum absolute atomic E-state index is 0.0163. The van der Waals surface area contributed by atoms with E-state index in [1.165, 1.54) is 6.42 Å². The first-order valence-corrected chi connectivity index (χ1v) is 6.44. The number of hydrogen-bond acceptors (Lipinski definition) is 3. The molecule has 18 heavy (non-hydrogen) atoms. The van der Waals surface area contributed by atoms with Crippen LogP contribution in [0, 0.1) is 4.77 Å². The van der Waals surface area contributed by atoms with Crippen molar-refractivity contribution in [3.8, 4) is 5.75 Å². The molecule has 0 aliphatic heterocycles. The predicted molar refractivity (Wildman–Crippen MR) is 72.8 cm³/mol. The summed E-state index contributed by atoms with van der Waals surface area (Å²) in [5.74, 6) is 0.685. The van der Waals surface area contributed by atoms with Crippen LogP contribution in [-0.2, 0) is 0 Å². The van der Waals surface area contributed by atoms with E-state index in [9.17, 15) is 4.79 Å². The summed E-state index contributed by atoms with van der Waals surface area (Å²) in [6, 6.07) is 5.67. The number of fused-ring (bicyclic) bond motifs is 1. The summed E-state index contributed by atoms with van der Waals surface area (Å²) in [5.41, 5.74) is 0.749. The maximum absolute atomic E-state index is 12.5. The summed E-state index contributed by atoms with van der Waals surface area (Å²) in [6.45, 7) is 0. The molecule has 5 heteroatoms. The van der Waals surface area contributed by atoms with Crippen molar-refractivity contribution in [3.05, 3.63) is 33.3 Å². The Bertz CT molecular complexity index is 713. The molecule has 1 N–H and O–H groups in total. The van der Waals surface area contributed by atoms with Crippen LogP contribution in [0.5, 0.6) is 5.75 Å². The summed E-state index contributed by atoms with van der Waals surface area (Å²) in [6.07, 6.45) is 3.24. The van der Waals surface area contributed by atoms with E-state index in [1.807, 2.05) is 12.1 Å². The first-order valence-electron chi connectivity index (χ1n) is 6.03. The maximum Gasteiger partial charge on any atom is 0.262 e. The smallest absolute Gasteiger partial charge is 0.262 e. The van der Waals surface area contributed by atoms with Gasteiger partial charge in [-0.25, -0.2) is 0 Å². The lowest BCUT2D eigenvalue weighted by molar-refractivity contribution is 0.302. The third kappa shape index (κ3) is 1.66. The molecule has 0 bridgehead atoms. The van der Waals surface area contributed by atoms with Gasteiger partial charge in [0.2, 0.25) is 0 Å². The van der Waals surface area contributed by atoms with Gasteiger partial charge < -0.3 is 9.72 Å². The van der Waals surface area contributed by atoms with Gasteiger partial charge >= 0.3 is 0 Å². The fourth-order valence-electron chi connectivity index (χ4n) is 2.31. The van der Waals surface area contributed by atoms with Crippen molar-refractivity contribution in [2.24, 2.45) is 0 Å². The number of nitrogens with zero attached hydrogens (tertiary/aromatic N) is 1. The highest BCUT2D eigenvalue weighted by atomic mass is 32.1. The van der Waals surface area contributed by atoms with Crippen molar-refractivity contribution < 1.29 is 4.74 Å². The Labute approximate surface area is 109 Å². The highest BCUT2D eigenvalue weighted by Crippen LogP contribution is 2.30. The van der Waals surface area contributed by atoms with E-state index in [0.29, 0.717) is 15.9 Å². The second-order valence-corrected chi connectivity index (χ2v) is 4.99. The highest BCUT2D eigenvalue weighted by molar-refractivity contribution is 7.71. The summed E-state index contributed by atoms with van der Waals surface area (Å²) >= 11 is 5.28. The average molecular weight is 262 g/mol. The zero-order valence-electron chi connectivity index (χ0n) is 10.1. The molecule has 0 unspecified atom stereocenters. The number of ether oxygens (including phenoxy) is 1. The van der Waals surface area contributed by atoms with Gasteiger partial charge in [0.1, 0.15) is 5.75 Å². The molecule has 0 radical (unpaired) electrons. The Kier molecular flexibility index (Phi) is 2.70. The number of aromatic amines is 1. The Hall–Kier alpha value is -1.62. The average Bonchev–Trinajstić information content (AvgIpc) is 2.31. The molecule has 0 saturated heterocycles. The lowest BCUT2D eigenvalue weighted by Gasteiger charge is -2.27. The Morgan fingerprint density at radius 3 is 2.83 bits per heavy atom. The molecule has 1 aromatic heterocycles. The van der Waals surface area contributed by atoms with Crippen molar-refractivity contribution in [1.29, 1.82) is 0 Å². The van der Waals surface area contributed by atoms with E-state index in [-0.39, 0.29) is 11.6 Å². The fraction of sp³-hybridized carbons (Fsp3) is 0.385. The second-order valence-electron chi connectivity index (χ2n) is 4.60. The molecule has 1 aromatic carbocycles. The molecule has 0 amide bonds. The first-order chi connectivity index (χ1) is 8.70. The van der Waals surface area contributed by atoms with Crippen molar-refractivity contribution in [3.63, 3.8) is 0 Å². The zero-order chi connectivity index (χ0) is 12.7. The minimum Gasteiger partial charge on any atom is -0.497 e. The zero-order valence-corrected chi connectivity index (χ0v) is 10.9. The normalized spacial score (nSPS) is 15.6. The van der Waals surface area contributed by atoms with Crippen LogP contribution in [-0.4, -0.2) is 16.7 Å². The molecular formula is C13H14N2O2S. The van der Waals surface area contributed by atoms with Crippen LogP contribution < -0.4 is 10.3 Å². The van der Waals surface area contributed by atoms with E-state index < -0.39 is 0 Å². The Morgan fingerprint density at radius 2 is 2.22 bits per heavy atom. The fourth-order valence-corrected chi connectivity index (χ4v) is 2.65. The largest absolute Gasteiger partial charge is 0.497 e. The van der Waals surface area contributed by atoms with Gasteiger partial charge in [-0.2, -0.15) is 0 Å². The van der Waals surface area contributed by atoms with Crippen molar-refractivity contribution >= 4 is 23.1 Å². The minimum atomic E-state index is -0.0163. The third-order valence-corrected chi connectivity index (χ3v) is 3.87. The van der Waals surface area contributed by atoms with Crippen LogP contribution in [0.15, 0.2) is 23.0 Å². The van der Waals surface area contributed by atoms with Gasteiger partial charge in [-0.1, -0.05) is 0 Å². The van der Waals surface area contributed by atoms with Gasteiger partial charge in [0, 0.05) is 6.04 Å². The molecule has 0 spiro atoms. The van der Waals surface area contributed by atoms with Gasteiger partial charge in [-0.3, -0.25) is 9.36 Å². The summed E-state index contributed by atoms with van der Waals surface area (Å²) in [4.78, 5) is 15.6. The van der Waals surface area contributed by atoms with Crippen LogP contribution >= 0.6 is 12.2 Å². The van der Waals surface area contributed by atoms with Crippen molar-refractivity contribution in [1.82, 2.24) is 9.55 Å². The molecule has 1 saturated carbocycles. The summed E-state index contributed by atoms with van der Waals surface area (Å²) in [7, 11) is 1.59.